The van der Waals surface area contributed by atoms with Crippen LogP contribution in [-0.2, 0) is 12.8 Å². The Morgan fingerprint density at radius 3 is 1.38 bits per heavy atom. The third-order valence-electron chi connectivity index (χ3n) is 3.85. The Labute approximate surface area is 156 Å². The number of methoxy groups -OCH3 is 2. The third kappa shape index (κ3) is 5.59. The summed E-state index contributed by atoms with van der Waals surface area (Å²) in [5.74, 6) is 1.49. The van der Waals surface area contributed by atoms with Gasteiger partial charge in [0.1, 0.15) is 0 Å². The lowest BCUT2D eigenvalue weighted by molar-refractivity contribution is 0.371. The van der Waals surface area contributed by atoms with Crippen molar-refractivity contribution in [2.24, 2.45) is 0 Å². The Morgan fingerprint density at radius 2 is 1.12 bits per heavy atom. The summed E-state index contributed by atoms with van der Waals surface area (Å²) >= 11 is 0. The van der Waals surface area contributed by atoms with Crippen LogP contribution in [0.5, 0.6) is 23.0 Å². The Morgan fingerprint density at radius 1 is 0.769 bits per heavy atom. The van der Waals surface area contributed by atoms with Gasteiger partial charge in [0.2, 0.25) is 0 Å². The maximum Gasteiger partial charge on any atom is 0.161 e. The molecule has 4 nitrogen and oxygen atoms in total. The minimum atomic E-state index is 0.218. The second-order valence-corrected chi connectivity index (χ2v) is 5.91. The predicted octanol–water partition coefficient (Wildman–Crippen LogP) is 4.88. The molecule has 2 rings (SSSR count). The highest BCUT2D eigenvalue weighted by Crippen LogP contribution is 2.31. The molecule has 0 aromatic heterocycles. The largest absolute Gasteiger partial charge is 0.504 e. The van der Waals surface area contributed by atoms with Crippen molar-refractivity contribution in [3.63, 3.8) is 0 Å². The zero-order valence-electron chi connectivity index (χ0n) is 16.0. The van der Waals surface area contributed by atoms with Gasteiger partial charge in [0, 0.05) is 0 Å². The van der Waals surface area contributed by atoms with Gasteiger partial charge in [0.15, 0.2) is 23.0 Å². The maximum absolute atomic E-state index is 9.54. The van der Waals surface area contributed by atoms with Crippen LogP contribution in [0.4, 0.5) is 0 Å². The number of hydrogen-bond donors (Lipinski definition) is 2. The first-order valence-corrected chi connectivity index (χ1v) is 8.32. The van der Waals surface area contributed by atoms with E-state index in [1.807, 2.05) is 50.3 Å². The van der Waals surface area contributed by atoms with Crippen molar-refractivity contribution < 1.29 is 19.7 Å². The molecule has 26 heavy (non-hydrogen) atoms. The highest BCUT2D eigenvalue weighted by atomic mass is 16.5. The minimum Gasteiger partial charge on any atom is -0.504 e. The van der Waals surface area contributed by atoms with E-state index in [4.69, 9.17) is 9.47 Å². The van der Waals surface area contributed by atoms with Gasteiger partial charge in [-0.15, -0.1) is 13.2 Å². The number of phenolic OH excluding ortho intramolecular Hbond substituents is 2. The highest BCUT2D eigenvalue weighted by Gasteiger charge is 2.06. The number of benzene rings is 2. The van der Waals surface area contributed by atoms with Gasteiger partial charge >= 0.3 is 0 Å². The first-order chi connectivity index (χ1) is 12.4. The fourth-order valence-corrected chi connectivity index (χ4v) is 2.52. The van der Waals surface area contributed by atoms with Crippen molar-refractivity contribution in [3.8, 4) is 23.0 Å². The van der Waals surface area contributed by atoms with Crippen molar-refractivity contribution in [2.45, 2.75) is 26.7 Å². The summed E-state index contributed by atoms with van der Waals surface area (Å²) in [6.07, 6.45) is 5.23. The number of phenols is 2. The fraction of sp³-hybridized carbons (Fsp3) is 0.273. The van der Waals surface area contributed by atoms with Gasteiger partial charge in [-0.1, -0.05) is 24.3 Å². The maximum atomic E-state index is 9.54. The number of ether oxygens (including phenoxy) is 2. The monoisotopic (exact) mass is 356 g/mol. The average Bonchev–Trinajstić information content (AvgIpc) is 2.62. The van der Waals surface area contributed by atoms with Crippen LogP contribution in [0.25, 0.3) is 0 Å². The van der Waals surface area contributed by atoms with E-state index >= 15 is 0 Å². The molecular formula is C22H28O4. The average molecular weight is 356 g/mol. The van der Waals surface area contributed by atoms with Gasteiger partial charge in [-0.2, -0.15) is 0 Å². The molecular weight excluding hydrogens is 328 g/mol. The van der Waals surface area contributed by atoms with Crippen LogP contribution in [0.1, 0.15) is 22.3 Å². The molecule has 0 fully saturated rings. The molecule has 0 aliphatic rings. The molecule has 0 bridgehead atoms. The molecule has 0 aliphatic carbocycles. The molecule has 2 aromatic carbocycles. The van der Waals surface area contributed by atoms with Gasteiger partial charge in [0.05, 0.1) is 14.2 Å². The molecule has 0 radical (unpaired) electrons. The number of hydrogen-bond acceptors (Lipinski definition) is 4. The molecule has 2 N–H and O–H groups in total. The molecule has 0 aliphatic heterocycles. The Hall–Kier alpha value is -2.88. The van der Waals surface area contributed by atoms with E-state index < -0.39 is 0 Å². The van der Waals surface area contributed by atoms with E-state index in [0.29, 0.717) is 11.5 Å². The van der Waals surface area contributed by atoms with Crippen molar-refractivity contribution in [1.82, 2.24) is 0 Å². The second-order valence-electron chi connectivity index (χ2n) is 5.91. The quantitative estimate of drug-likeness (QED) is 0.725. The van der Waals surface area contributed by atoms with Gasteiger partial charge in [-0.05, 0) is 61.1 Å². The normalized spacial score (nSPS) is 9.69. The lowest BCUT2D eigenvalue weighted by Crippen LogP contribution is -1.89. The van der Waals surface area contributed by atoms with Crippen molar-refractivity contribution in [2.75, 3.05) is 14.2 Å². The van der Waals surface area contributed by atoms with Gasteiger partial charge in [0.25, 0.3) is 0 Å². The molecule has 2 aromatic rings. The van der Waals surface area contributed by atoms with Gasteiger partial charge in [-0.25, -0.2) is 0 Å². The number of aryl methyl sites for hydroxylation is 2. The molecule has 0 spiro atoms. The SMILES string of the molecule is C=CCc1cc(C)c(O)c(OC)c1.C=CCc1cc(C)c(O)c(OC)c1. The zero-order chi connectivity index (χ0) is 19.7. The fourth-order valence-electron chi connectivity index (χ4n) is 2.52. The molecule has 0 heterocycles. The van der Waals surface area contributed by atoms with E-state index in [2.05, 4.69) is 13.2 Å². The van der Waals surface area contributed by atoms with E-state index in [-0.39, 0.29) is 11.5 Å². The minimum absolute atomic E-state index is 0.218. The van der Waals surface area contributed by atoms with E-state index in [1.54, 1.807) is 14.2 Å². The second kappa shape index (κ2) is 10.2. The van der Waals surface area contributed by atoms with Crippen LogP contribution in [-0.4, -0.2) is 24.4 Å². The molecule has 4 heteroatoms. The van der Waals surface area contributed by atoms with E-state index in [1.165, 1.54) is 0 Å². The summed E-state index contributed by atoms with van der Waals surface area (Å²) in [4.78, 5) is 0. The van der Waals surface area contributed by atoms with Crippen LogP contribution in [0.15, 0.2) is 49.6 Å². The topological polar surface area (TPSA) is 58.9 Å². The number of rotatable bonds is 6. The Bertz CT molecular complexity index is 698. The number of aromatic hydroxyl groups is 2. The Balaban J connectivity index is 0.000000260. The lowest BCUT2D eigenvalue weighted by Gasteiger charge is -2.08. The number of allylic oxidation sites excluding steroid dienone is 2. The van der Waals surface area contributed by atoms with Crippen LogP contribution in [0.3, 0.4) is 0 Å². The van der Waals surface area contributed by atoms with Gasteiger partial charge < -0.3 is 19.7 Å². The molecule has 140 valence electrons. The first kappa shape index (κ1) is 21.2. The van der Waals surface area contributed by atoms with Crippen molar-refractivity contribution in [1.29, 1.82) is 0 Å². The van der Waals surface area contributed by atoms with Crippen LogP contribution in [0.2, 0.25) is 0 Å². The van der Waals surface area contributed by atoms with Crippen LogP contribution in [0, 0.1) is 13.8 Å². The summed E-state index contributed by atoms with van der Waals surface area (Å²) in [6.45, 7) is 11.0. The van der Waals surface area contributed by atoms with E-state index in [9.17, 15) is 10.2 Å². The van der Waals surface area contributed by atoms with Crippen molar-refractivity contribution >= 4 is 0 Å². The summed E-state index contributed by atoms with van der Waals surface area (Å²) in [7, 11) is 3.10. The van der Waals surface area contributed by atoms with Gasteiger partial charge in [-0.3, -0.25) is 0 Å². The van der Waals surface area contributed by atoms with Crippen LogP contribution < -0.4 is 9.47 Å². The highest BCUT2D eigenvalue weighted by molar-refractivity contribution is 5.48. The first-order valence-electron chi connectivity index (χ1n) is 8.32. The summed E-state index contributed by atoms with van der Waals surface area (Å²) < 4.78 is 10.1. The van der Waals surface area contributed by atoms with Crippen molar-refractivity contribution in [3.05, 3.63) is 71.8 Å². The summed E-state index contributed by atoms with van der Waals surface area (Å²) in [6, 6.07) is 7.51. The molecule has 0 saturated carbocycles. The van der Waals surface area contributed by atoms with Crippen LogP contribution >= 0.6 is 0 Å². The van der Waals surface area contributed by atoms with E-state index in [0.717, 1.165) is 35.1 Å². The summed E-state index contributed by atoms with van der Waals surface area (Å²) in [5, 5.41) is 19.1. The molecule has 0 amide bonds. The standard InChI is InChI=1S/2C11H14O2/c2*1-4-5-9-6-8(2)11(12)10(7-9)13-3/h2*4,6-7,12H,1,5H2,2-3H3. The Kier molecular flexibility index (Phi) is 8.29. The molecule has 0 unspecified atom stereocenters. The smallest absolute Gasteiger partial charge is 0.161 e. The zero-order valence-corrected chi connectivity index (χ0v) is 16.0. The molecule has 0 atom stereocenters. The predicted molar refractivity (Wildman–Crippen MR) is 107 cm³/mol. The third-order valence-corrected chi connectivity index (χ3v) is 3.85. The lowest BCUT2D eigenvalue weighted by atomic mass is 10.1. The summed E-state index contributed by atoms with van der Waals surface area (Å²) in [5.41, 5.74) is 3.86. The molecule has 0 saturated heterocycles.